The molecule has 0 saturated carbocycles. The summed E-state index contributed by atoms with van der Waals surface area (Å²) in [5, 5.41) is 3.34. The summed E-state index contributed by atoms with van der Waals surface area (Å²) in [6.07, 6.45) is 5.22. The lowest BCUT2D eigenvalue weighted by molar-refractivity contribution is 0.185. The molecule has 0 radical (unpaired) electrons. The van der Waals surface area contributed by atoms with E-state index in [1.807, 2.05) is 6.08 Å². The van der Waals surface area contributed by atoms with Gasteiger partial charge in [0.2, 0.25) is 0 Å². The molecule has 3 heteroatoms. The highest BCUT2D eigenvalue weighted by Gasteiger charge is 2.13. The van der Waals surface area contributed by atoms with Gasteiger partial charge in [-0.05, 0) is 12.3 Å². The van der Waals surface area contributed by atoms with Gasteiger partial charge in [0.15, 0.2) is 0 Å². The van der Waals surface area contributed by atoms with Crippen LogP contribution in [0.1, 0.15) is 6.42 Å². The Morgan fingerprint density at radius 3 is 3.08 bits per heavy atom. The molecule has 1 saturated heterocycles. The summed E-state index contributed by atoms with van der Waals surface area (Å²) < 4.78 is 5.26. The van der Waals surface area contributed by atoms with Crippen LogP contribution < -0.4 is 5.32 Å². The molecule has 1 aliphatic rings. The van der Waals surface area contributed by atoms with E-state index in [9.17, 15) is 0 Å². The number of ether oxygens (including phenoxy) is 1. The van der Waals surface area contributed by atoms with Crippen LogP contribution in [0.2, 0.25) is 0 Å². The van der Waals surface area contributed by atoms with Gasteiger partial charge >= 0.3 is 0 Å². The number of alkyl halides is 1. The van der Waals surface area contributed by atoms with Crippen molar-refractivity contribution in [3.63, 3.8) is 0 Å². The lowest BCUT2D eigenvalue weighted by atomic mass is 10.1. The van der Waals surface area contributed by atoms with Crippen LogP contribution >= 0.6 is 11.6 Å². The molecule has 70 valence electrons. The molecule has 0 amide bonds. The van der Waals surface area contributed by atoms with Crippen LogP contribution in [-0.2, 0) is 4.74 Å². The van der Waals surface area contributed by atoms with Crippen molar-refractivity contribution in [3.8, 4) is 0 Å². The van der Waals surface area contributed by atoms with E-state index in [2.05, 4.69) is 11.4 Å². The van der Waals surface area contributed by atoms with Crippen molar-refractivity contribution in [2.75, 3.05) is 32.2 Å². The molecule has 0 aromatic heterocycles. The lowest BCUT2D eigenvalue weighted by Crippen LogP contribution is -2.22. The van der Waals surface area contributed by atoms with Crippen molar-refractivity contribution in [2.45, 2.75) is 6.42 Å². The second kappa shape index (κ2) is 6.46. The monoisotopic (exact) mass is 189 g/mol. The highest BCUT2D eigenvalue weighted by Crippen LogP contribution is 2.10. The summed E-state index contributed by atoms with van der Waals surface area (Å²) in [5.74, 6) is 1.32. The summed E-state index contributed by atoms with van der Waals surface area (Å²) in [4.78, 5) is 0. The lowest BCUT2D eigenvalue weighted by Gasteiger charge is -2.06. The minimum Gasteiger partial charge on any atom is -0.381 e. The molecular weight excluding hydrogens is 174 g/mol. The predicted molar refractivity (Wildman–Crippen MR) is 51.7 cm³/mol. The third-order valence-corrected chi connectivity index (χ3v) is 2.15. The van der Waals surface area contributed by atoms with Crippen LogP contribution in [0.5, 0.6) is 0 Å². The molecule has 0 bridgehead atoms. The number of allylic oxidation sites excluding steroid dienone is 1. The van der Waals surface area contributed by atoms with Gasteiger partial charge in [0, 0.05) is 25.6 Å². The van der Waals surface area contributed by atoms with E-state index in [0.29, 0.717) is 5.88 Å². The van der Waals surface area contributed by atoms with E-state index in [0.717, 1.165) is 32.2 Å². The van der Waals surface area contributed by atoms with Gasteiger partial charge in [-0.25, -0.2) is 0 Å². The fourth-order valence-electron chi connectivity index (χ4n) is 1.26. The van der Waals surface area contributed by atoms with Gasteiger partial charge in [0.1, 0.15) is 0 Å². The SMILES string of the molecule is ClC/C=C/CNCC1CCOC1. The van der Waals surface area contributed by atoms with Crippen LogP contribution in [0.25, 0.3) is 0 Å². The van der Waals surface area contributed by atoms with Crippen molar-refractivity contribution in [3.05, 3.63) is 12.2 Å². The maximum Gasteiger partial charge on any atom is 0.0507 e. The van der Waals surface area contributed by atoms with Gasteiger partial charge in [-0.1, -0.05) is 12.2 Å². The Balaban J connectivity index is 1.91. The first-order valence-electron chi connectivity index (χ1n) is 4.43. The maximum absolute atomic E-state index is 5.47. The van der Waals surface area contributed by atoms with E-state index in [-0.39, 0.29) is 0 Å². The largest absolute Gasteiger partial charge is 0.381 e. The number of rotatable bonds is 5. The molecule has 0 aliphatic carbocycles. The molecule has 1 heterocycles. The molecular formula is C9H16ClNO. The Bertz CT molecular complexity index is 132. The average Bonchev–Trinajstić information content (AvgIpc) is 2.57. The Morgan fingerprint density at radius 1 is 1.50 bits per heavy atom. The third-order valence-electron chi connectivity index (χ3n) is 1.97. The topological polar surface area (TPSA) is 21.3 Å². The normalized spacial score (nSPS) is 23.9. The molecule has 0 spiro atoms. The minimum absolute atomic E-state index is 0.605. The molecule has 1 N–H and O–H groups in total. The molecule has 0 aromatic rings. The highest BCUT2D eigenvalue weighted by atomic mass is 35.5. The van der Waals surface area contributed by atoms with Crippen molar-refractivity contribution < 1.29 is 4.74 Å². The fraction of sp³-hybridized carbons (Fsp3) is 0.778. The zero-order valence-electron chi connectivity index (χ0n) is 7.26. The molecule has 2 nitrogen and oxygen atoms in total. The van der Waals surface area contributed by atoms with Crippen LogP contribution in [0.3, 0.4) is 0 Å². The predicted octanol–water partition coefficient (Wildman–Crippen LogP) is 1.41. The molecule has 1 unspecified atom stereocenters. The second-order valence-electron chi connectivity index (χ2n) is 3.01. The van der Waals surface area contributed by atoms with Gasteiger partial charge in [-0.15, -0.1) is 11.6 Å². The number of nitrogens with one attached hydrogen (secondary N) is 1. The summed E-state index contributed by atoms with van der Waals surface area (Å²) in [6.45, 7) is 3.84. The van der Waals surface area contributed by atoms with E-state index < -0.39 is 0 Å². The first kappa shape index (κ1) is 10.0. The van der Waals surface area contributed by atoms with Gasteiger partial charge < -0.3 is 10.1 Å². The first-order valence-corrected chi connectivity index (χ1v) is 4.96. The van der Waals surface area contributed by atoms with Gasteiger partial charge in [-0.3, -0.25) is 0 Å². The average molecular weight is 190 g/mol. The maximum atomic E-state index is 5.47. The molecule has 1 fully saturated rings. The third kappa shape index (κ3) is 4.10. The van der Waals surface area contributed by atoms with E-state index in [4.69, 9.17) is 16.3 Å². The van der Waals surface area contributed by atoms with Crippen molar-refractivity contribution in [1.82, 2.24) is 5.32 Å². The molecule has 1 rings (SSSR count). The van der Waals surface area contributed by atoms with Crippen LogP contribution in [0, 0.1) is 5.92 Å². The molecule has 1 atom stereocenters. The van der Waals surface area contributed by atoms with Gasteiger partial charge in [-0.2, -0.15) is 0 Å². The Kier molecular flexibility index (Phi) is 5.41. The summed E-state index contributed by atoms with van der Waals surface area (Å²) in [7, 11) is 0. The first-order chi connectivity index (χ1) is 5.93. The van der Waals surface area contributed by atoms with Crippen molar-refractivity contribution >= 4 is 11.6 Å². The zero-order chi connectivity index (χ0) is 8.65. The zero-order valence-corrected chi connectivity index (χ0v) is 8.02. The summed E-state index contributed by atoms with van der Waals surface area (Å²) >= 11 is 5.47. The number of hydrogen-bond acceptors (Lipinski definition) is 2. The Labute approximate surface area is 78.9 Å². The Morgan fingerprint density at radius 2 is 2.42 bits per heavy atom. The molecule has 0 aromatic carbocycles. The second-order valence-corrected chi connectivity index (χ2v) is 3.32. The van der Waals surface area contributed by atoms with Crippen LogP contribution in [0.15, 0.2) is 12.2 Å². The van der Waals surface area contributed by atoms with Gasteiger partial charge in [0.05, 0.1) is 6.61 Å². The van der Waals surface area contributed by atoms with Crippen molar-refractivity contribution in [2.24, 2.45) is 5.92 Å². The number of halogens is 1. The van der Waals surface area contributed by atoms with Gasteiger partial charge in [0.25, 0.3) is 0 Å². The molecule has 12 heavy (non-hydrogen) atoms. The summed E-state index contributed by atoms with van der Waals surface area (Å²) in [6, 6.07) is 0. The highest BCUT2D eigenvalue weighted by molar-refractivity contribution is 6.18. The quantitative estimate of drug-likeness (QED) is 0.401. The number of hydrogen-bond donors (Lipinski definition) is 1. The van der Waals surface area contributed by atoms with E-state index in [1.54, 1.807) is 0 Å². The van der Waals surface area contributed by atoms with Crippen LogP contribution in [0.4, 0.5) is 0 Å². The summed E-state index contributed by atoms with van der Waals surface area (Å²) in [5.41, 5.74) is 0. The smallest absolute Gasteiger partial charge is 0.0507 e. The van der Waals surface area contributed by atoms with E-state index in [1.165, 1.54) is 6.42 Å². The standard InChI is InChI=1S/C9H16ClNO/c10-4-1-2-5-11-7-9-3-6-12-8-9/h1-2,9,11H,3-8H2/b2-1+. The van der Waals surface area contributed by atoms with Crippen LogP contribution in [-0.4, -0.2) is 32.2 Å². The van der Waals surface area contributed by atoms with Crippen molar-refractivity contribution in [1.29, 1.82) is 0 Å². The molecule has 1 aliphatic heterocycles. The fourth-order valence-corrected chi connectivity index (χ4v) is 1.39. The Hall–Kier alpha value is -0.0500. The van der Waals surface area contributed by atoms with E-state index >= 15 is 0 Å². The minimum atomic E-state index is 0.605.